The zero-order valence-corrected chi connectivity index (χ0v) is 13.8. The molecule has 24 heavy (non-hydrogen) atoms. The average molecular weight is 321 g/mol. The molecule has 0 saturated heterocycles. The molecule has 5 heteroatoms. The molecule has 0 fully saturated rings. The molecule has 0 bridgehead atoms. The largest absolute Gasteiger partial charge is 0.497 e. The summed E-state index contributed by atoms with van der Waals surface area (Å²) in [5.74, 6) is 1.39. The van der Waals surface area contributed by atoms with E-state index in [1.54, 1.807) is 17.7 Å². The highest BCUT2D eigenvalue weighted by molar-refractivity contribution is 5.79. The highest BCUT2D eigenvalue weighted by atomic mass is 16.5. The molecule has 0 spiro atoms. The molecule has 0 aliphatic carbocycles. The Kier molecular flexibility index (Phi) is 3.49. The fourth-order valence-electron chi connectivity index (χ4n) is 3.33. The Morgan fingerprint density at radius 2 is 2.04 bits per heavy atom. The van der Waals surface area contributed by atoms with Crippen molar-refractivity contribution in [3.8, 4) is 5.75 Å². The summed E-state index contributed by atoms with van der Waals surface area (Å²) in [6, 6.07) is 13.8. The second kappa shape index (κ2) is 5.67. The van der Waals surface area contributed by atoms with E-state index < -0.39 is 0 Å². The first-order valence-corrected chi connectivity index (χ1v) is 8.05. The van der Waals surface area contributed by atoms with Gasteiger partial charge in [0.05, 0.1) is 24.7 Å². The van der Waals surface area contributed by atoms with E-state index in [4.69, 9.17) is 4.74 Å². The van der Waals surface area contributed by atoms with Crippen molar-refractivity contribution >= 4 is 16.6 Å². The second-order valence-electron chi connectivity index (χ2n) is 6.06. The van der Waals surface area contributed by atoms with Crippen LogP contribution in [0.4, 0.5) is 5.69 Å². The first-order valence-electron chi connectivity index (χ1n) is 8.05. The number of hydrogen-bond donors (Lipinski definition) is 0. The Morgan fingerprint density at radius 1 is 1.21 bits per heavy atom. The zero-order chi connectivity index (χ0) is 16.7. The number of methoxy groups -OCH3 is 1. The number of aromatic nitrogens is 2. The van der Waals surface area contributed by atoms with Crippen LogP contribution in [0.1, 0.15) is 11.4 Å². The van der Waals surface area contributed by atoms with Gasteiger partial charge in [0.15, 0.2) is 0 Å². The highest BCUT2D eigenvalue weighted by Crippen LogP contribution is 2.27. The van der Waals surface area contributed by atoms with Gasteiger partial charge in [0.1, 0.15) is 11.6 Å². The Labute approximate surface area is 140 Å². The summed E-state index contributed by atoms with van der Waals surface area (Å²) in [6.45, 7) is 3.32. The van der Waals surface area contributed by atoms with Crippen molar-refractivity contribution < 1.29 is 4.74 Å². The minimum Gasteiger partial charge on any atom is -0.497 e. The van der Waals surface area contributed by atoms with Gasteiger partial charge in [0, 0.05) is 12.2 Å². The van der Waals surface area contributed by atoms with E-state index in [2.05, 4.69) is 28.1 Å². The standard InChI is InChI=1S/C19H19N3O2/c1-13-20-17-8-7-15(24-2)11-16(17)19(23)22(13)12-21-10-9-14-5-3-4-6-18(14)21/h3-8,11H,9-10,12H2,1-2H3. The van der Waals surface area contributed by atoms with Crippen LogP contribution in [0.3, 0.4) is 0 Å². The quantitative estimate of drug-likeness (QED) is 0.744. The van der Waals surface area contributed by atoms with E-state index in [0.29, 0.717) is 23.3 Å². The van der Waals surface area contributed by atoms with Gasteiger partial charge in [-0.15, -0.1) is 0 Å². The van der Waals surface area contributed by atoms with Crippen molar-refractivity contribution in [3.63, 3.8) is 0 Å². The van der Waals surface area contributed by atoms with E-state index in [0.717, 1.165) is 18.8 Å². The van der Waals surface area contributed by atoms with Gasteiger partial charge < -0.3 is 9.64 Å². The molecular weight excluding hydrogens is 302 g/mol. The number of para-hydroxylation sites is 1. The maximum atomic E-state index is 13.0. The number of nitrogens with zero attached hydrogens (tertiary/aromatic N) is 3. The fourth-order valence-corrected chi connectivity index (χ4v) is 3.33. The Hall–Kier alpha value is -2.82. The first kappa shape index (κ1) is 14.8. The predicted molar refractivity (Wildman–Crippen MR) is 94.8 cm³/mol. The molecule has 0 amide bonds. The molecule has 0 unspecified atom stereocenters. The lowest BCUT2D eigenvalue weighted by molar-refractivity contribution is 0.415. The molecule has 0 atom stereocenters. The maximum absolute atomic E-state index is 13.0. The van der Waals surface area contributed by atoms with Crippen molar-refractivity contribution in [2.45, 2.75) is 20.0 Å². The molecule has 1 aromatic heterocycles. The van der Waals surface area contributed by atoms with Crippen molar-refractivity contribution in [1.29, 1.82) is 0 Å². The molecule has 0 saturated carbocycles. The van der Waals surface area contributed by atoms with E-state index in [1.807, 2.05) is 25.1 Å². The molecule has 5 nitrogen and oxygen atoms in total. The first-order chi connectivity index (χ1) is 11.7. The Bertz CT molecular complexity index is 978. The normalized spacial score (nSPS) is 13.3. The predicted octanol–water partition coefficient (Wildman–Crippen LogP) is 2.73. The Balaban J connectivity index is 1.78. The number of ether oxygens (including phenoxy) is 1. The van der Waals surface area contributed by atoms with Gasteiger partial charge in [-0.25, -0.2) is 4.98 Å². The fraction of sp³-hybridized carbons (Fsp3) is 0.263. The van der Waals surface area contributed by atoms with Gasteiger partial charge in [-0.2, -0.15) is 0 Å². The second-order valence-corrected chi connectivity index (χ2v) is 6.06. The number of hydrogen-bond acceptors (Lipinski definition) is 4. The molecular formula is C19H19N3O2. The number of rotatable bonds is 3. The lowest BCUT2D eigenvalue weighted by Crippen LogP contribution is -2.33. The van der Waals surface area contributed by atoms with Gasteiger partial charge in [0.2, 0.25) is 0 Å². The van der Waals surface area contributed by atoms with Gasteiger partial charge in [-0.05, 0) is 43.2 Å². The minimum atomic E-state index is -0.0271. The molecule has 2 aromatic carbocycles. The molecule has 4 rings (SSSR count). The summed E-state index contributed by atoms with van der Waals surface area (Å²) in [6.07, 6.45) is 1.01. The molecule has 1 aliphatic heterocycles. The SMILES string of the molecule is COc1ccc2nc(C)n(CN3CCc4ccccc43)c(=O)c2c1. The van der Waals surface area contributed by atoms with Crippen molar-refractivity contribution in [2.75, 3.05) is 18.6 Å². The van der Waals surface area contributed by atoms with Crippen LogP contribution >= 0.6 is 0 Å². The summed E-state index contributed by atoms with van der Waals surface area (Å²) in [7, 11) is 1.60. The number of benzene rings is 2. The highest BCUT2D eigenvalue weighted by Gasteiger charge is 2.20. The van der Waals surface area contributed by atoms with Crippen LogP contribution in [-0.4, -0.2) is 23.2 Å². The topological polar surface area (TPSA) is 47.4 Å². The Morgan fingerprint density at radius 3 is 2.88 bits per heavy atom. The van der Waals surface area contributed by atoms with Crippen molar-refractivity contribution in [3.05, 3.63) is 64.2 Å². The molecule has 122 valence electrons. The van der Waals surface area contributed by atoms with E-state index in [1.165, 1.54) is 11.3 Å². The third kappa shape index (κ3) is 2.33. The smallest absolute Gasteiger partial charge is 0.263 e. The van der Waals surface area contributed by atoms with Gasteiger partial charge in [0.25, 0.3) is 5.56 Å². The van der Waals surface area contributed by atoms with Crippen LogP contribution in [0.5, 0.6) is 5.75 Å². The van der Waals surface area contributed by atoms with Crippen LogP contribution in [0, 0.1) is 6.92 Å². The number of fused-ring (bicyclic) bond motifs is 2. The number of anilines is 1. The minimum absolute atomic E-state index is 0.0271. The molecule has 1 aliphatic rings. The molecule has 0 N–H and O–H groups in total. The summed E-state index contributed by atoms with van der Waals surface area (Å²) < 4.78 is 6.98. The summed E-state index contributed by atoms with van der Waals surface area (Å²) in [5, 5.41) is 0.590. The maximum Gasteiger partial charge on any atom is 0.263 e. The van der Waals surface area contributed by atoms with Gasteiger partial charge in [-0.3, -0.25) is 9.36 Å². The third-order valence-corrected chi connectivity index (χ3v) is 4.65. The summed E-state index contributed by atoms with van der Waals surface area (Å²) in [4.78, 5) is 19.8. The molecule has 3 aromatic rings. The summed E-state index contributed by atoms with van der Waals surface area (Å²) in [5.41, 5.74) is 3.21. The average Bonchev–Trinajstić information content (AvgIpc) is 3.01. The molecule has 0 radical (unpaired) electrons. The van der Waals surface area contributed by atoms with E-state index in [9.17, 15) is 4.79 Å². The van der Waals surface area contributed by atoms with Gasteiger partial charge >= 0.3 is 0 Å². The van der Waals surface area contributed by atoms with Gasteiger partial charge in [-0.1, -0.05) is 18.2 Å². The zero-order valence-electron chi connectivity index (χ0n) is 13.8. The van der Waals surface area contributed by atoms with Crippen LogP contribution in [0.15, 0.2) is 47.3 Å². The van der Waals surface area contributed by atoms with Crippen molar-refractivity contribution in [1.82, 2.24) is 9.55 Å². The van der Waals surface area contributed by atoms with Crippen LogP contribution in [0.25, 0.3) is 10.9 Å². The lowest BCUT2D eigenvalue weighted by atomic mass is 10.2. The molecule has 2 heterocycles. The third-order valence-electron chi connectivity index (χ3n) is 4.65. The van der Waals surface area contributed by atoms with Crippen LogP contribution in [0.2, 0.25) is 0 Å². The van der Waals surface area contributed by atoms with Crippen LogP contribution in [-0.2, 0) is 13.1 Å². The van der Waals surface area contributed by atoms with Crippen LogP contribution < -0.4 is 15.2 Å². The van der Waals surface area contributed by atoms with E-state index >= 15 is 0 Å². The summed E-state index contributed by atoms with van der Waals surface area (Å²) >= 11 is 0. The number of aryl methyl sites for hydroxylation is 1. The monoisotopic (exact) mass is 321 g/mol. The van der Waals surface area contributed by atoms with Crippen molar-refractivity contribution in [2.24, 2.45) is 0 Å². The lowest BCUT2D eigenvalue weighted by Gasteiger charge is -2.22. The van der Waals surface area contributed by atoms with E-state index in [-0.39, 0.29) is 5.56 Å².